The lowest BCUT2D eigenvalue weighted by Crippen LogP contribution is -2.03. The summed E-state index contributed by atoms with van der Waals surface area (Å²) in [6.07, 6.45) is 4.72. The molecule has 1 aromatic carbocycles. The summed E-state index contributed by atoms with van der Waals surface area (Å²) in [5.41, 5.74) is 0.873. The molecule has 0 aliphatic carbocycles. The molecule has 0 aromatic heterocycles. The van der Waals surface area contributed by atoms with Gasteiger partial charge in [0.1, 0.15) is 23.5 Å². The Kier molecular flexibility index (Phi) is 11.1. The topological polar surface area (TPSA) is 40.0 Å². The molecule has 0 saturated carbocycles. The van der Waals surface area contributed by atoms with Crippen LogP contribution in [0.1, 0.15) is 39.5 Å². The number of ether oxygens (including phenoxy) is 2. The Morgan fingerprint density at radius 3 is 2.19 bits per heavy atom. The maximum absolute atomic E-state index is 13.9. The smallest absolute Gasteiger partial charge is 0.190 e. The minimum atomic E-state index is -0.817. The third-order valence-electron chi connectivity index (χ3n) is 3.08. The molecule has 1 rings (SSSR count). The molecule has 146 valence electrons. The van der Waals surface area contributed by atoms with Gasteiger partial charge in [-0.3, -0.25) is 0 Å². The van der Waals surface area contributed by atoms with Gasteiger partial charge >= 0.3 is 0 Å². The van der Waals surface area contributed by atoms with Crippen molar-refractivity contribution in [1.29, 1.82) is 0 Å². The molecule has 0 unspecified atom stereocenters. The van der Waals surface area contributed by atoms with Gasteiger partial charge in [0.25, 0.3) is 0 Å². The Bertz CT molecular complexity index is 593. The van der Waals surface area contributed by atoms with Crippen LogP contribution in [-0.4, -0.2) is 25.5 Å². The van der Waals surface area contributed by atoms with Gasteiger partial charge in [0, 0.05) is 12.1 Å². The number of hydrogen-bond donors (Lipinski definition) is 0. The standard InChI is InChI=1S/C18H23Cl2F2NO3/c1-13(2)23-26-9-6-4-3-5-8-25-18-15(21)11-14(12-16(18)22)24-10-7-17(19)20/h7,11-12H,3-6,8-10H2,1-2H3. The highest BCUT2D eigenvalue weighted by Gasteiger charge is 2.13. The van der Waals surface area contributed by atoms with Crippen LogP contribution >= 0.6 is 23.2 Å². The average molecular weight is 410 g/mol. The first-order valence-electron chi connectivity index (χ1n) is 8.29. The van der Waals surface area contributed by atoms with E-state index in [4.69, 9.17) is 37.5 Å². The minimum Gasteiger partial charge on any atom is -0.489 e. The van der Waals surface area contributed by atoms with Gasteiger partial charge in [-0.1, -0.05) is 28.4 Å². The van der Waals surface area contributed by atoms with E-state index in [0.717, 1.165) is 37.1 Å². The van der Waals surface area contributed by atoms with E-state index in [2.05, 4.69) is 5.16 Å². The molecule has 0 radical (unpaired) electrons. The third-order valence-corrected chi connectivity index (χ3v) is 3.39. The van der Waals surface area contributed by atoms with Crippen LogP contribution in [0, 0.1) is 11.6 Å². The zero-order valence-electron chi connectivity index (χ0n) is 14.9. The van der Waals surface area contributed by atoms with E-state index in [1.54, 1.807) is 0 Å². The number of hydrogen-bond acceptors (Lipinski definition) is 4. The molecule has 0 heterocycles. The largest absolute Gasteiger partial charge is 0.489 e. The maximum Gasteiger partial charge on any atom is 0.190 e. The summed E-state index contributed by atoms with van der Waals surface area (Å²) in [6.45, 7) is 4.52. The predicted octanol–water partition coefficient (Wildman–Crippen LogP) is 6.01. The van der Waals surface area contributed by atoms with Crippen LogP contribution in [0.15, 0.2) is 27.9 Å². The molecule has 0 atom stereocenters. The van der Waals surface area contributed by atoms with Crippen LogP contribution in [0.5, 0.6) is 11.5 Å². The van der Waals surface area contributed by atoms with Crippen molar-refractivity contribution >= 4 is 28.9 Å². The van der Waals surface area contributed by atoms with E-state index in [1.807, 2.05) is 13.8 Å². The second-order valence-corrected chi connectivity index (χ2v) is 6.66. The lowest BCUT2D eigenvalue weighted by atomic mass is 10.2. The lowest BCUT2D eigenvalue weighted by Gasteiger charge is -2.10. The zero-order valence-corrected chi connectivity index (χ0v) is 16.4. The number of benzene rings is 1. The first-order chi connectivity index (χ1) is 12.4. The molecular weight excluding hydrogens is 387 g/mol. The Morgan fingerprint density at radius 1 is 1.00 bits per heavy atom. The Labute approximate surface area is 162 Å². The molecule has 0 aliphatic rings. The summed E-state index contributed by atoms with van der Waals surface area (Å²) in [5, 5.41) is 3.83. The molecule has 1 aromatic rings. The molecule has 4 nitrogen and oxygen atoms in total. The molecular formula is C18H23Cl2F2NO3. The zero-order chi connectivity index (χ0) is 19.4. The fourth-order valence-electron chi connectivity index (χ4n) is 1.93. The van der Waals surface area contributed by atoms with E-state index < -0.39 is 17.4 Å². The fraction of sp³-hybridized carbons (Fsp3) is 0.500. The highest BCUT2D eigenvalue weighted by atomic mass is 35.5. The van der Waals surface area contributed by atoms with Gasteiger partial charge in [-0.05, 0) is 45.6 Å². The van der Waals surface area contributed by atoms with Gasteiger partial charge in [-0.15, -0.1) is 0 Å². The van der Waals surface area contributed by atoms with Crippen molar-refractivity contribution in [1.82, 2.24) is 0 Å². The van der Waals surface area contributed by atoms with E-state index in [9.17, 15) is 8.78 Å². The van der Waals surface area contributed by atoms with Crippen molar-refractivity contribution in [2.24, 2.45) is 5.16 Å². The molecule has 0 bridgehead atoms. The van der Waals surface area contributed by atoms with Crippen LogP contribution in [0.25, 0.3) is 0 Å². The summed E-state index contributed by atoms with van der Waals surface area (Å²) >= 11 is 10.9. The highest BCUT2D eigenvalue weighted by molar-refractivity contribution is 6.55. The first-order valence-corrected chi connectivity index (χ1v) is 9.04. The van der Waals surface area contributed by atoms with Gasteiger partial charge < -0.3 is 14.3 Å². The number of oxime groups is 1. The highest BCUT2D eigenvalue weighted by Crippen LogP contribution is 2.27. The third kappa shape index (κ3) is 9.82. The molecule has 0 spiro atoms. The van der Waals surface area contributed by atoms with Crippen LogP contribution in [0.3, 0.4) is 0 Å². The minimum absolute atomic E-state index is 0.00820. The Hall–Kier alpha value is -1.53. The summed E-state index contributed by atoms with van der Waals surface area (Å²) < 4.78 is 38.2. The first kappa shape index (κ1) is 22.5. The van der Waals surface area contributed by atoms with Gasteiger partial charge in [0.15, 0.2) is 17.4 Å². The van der Waals surface area contributed by atoms with E-state index in [-0.39, 0.29) is 23.5 Å². The molecule has 0 fully saturated rings. The average Bonchev–Trinajstić information content (AvgIpc) is 2.54. The molecule has 0 N–H and O–H groups in total. The molecule has 8 heteroatoms. The van der Waals surface area contributed by atoms with Crippen molar-refractivity contribution < 1.29 is 23.1 Å². The van der Waals surface area contributed by atoms with Crippen molar-refractivity contribution in [2.75, 3.05) is 19.8 Å². The van der Waals surface area contributed by atoms with Gasteiger partial charge in [-0.25, -0.2) is 8.78 Å². The van der Waals surface area contributed by atoms with Gasteiger partial charge in [-0.2, -0.15) is 0 Å². The SMILES string of the molecule is CC(C)=NOCCCCCCOc1c(F)cc(OCC=C(Cl)Cl)cc1F. The lowest BCUT2D eigenvalue weighted by molar-refractivity contribution is 0.139. The van der Waals surface area contributed by atoms with E-state index in [1.165, 1.54) is 6.08 Å². The number of halogens is 4. The second kappa shape index (κ2) is 12.8. The van der Waals surface area contributed by atoms with E-state index in [0.29, 0.717) is 13.0 Å². The Morgan fingerprint density at radius 2 is 1.62 bits per heavy atom. The van der Waals surface area contributed by atoms with Crippen LogP contribution in [-0.2, 0) is 4.84 Å². The predicted molar refractivity (Wildman–Crippen MR) is 100 cm³/mol. The molecule has 0 aliphatic heterocycles. The summed E-state index contributed by atoms with van der Waals surface area (Å²) in [7, 11) is 0. The summed E-state index contributed by atoms with van der Waals surface area (Å²) in [4.78, 5) is 5.08. The van der Waals surface area contributed by atoms with Crippen molar-refractivity contribution in [3.8, 4) is 11.5 Å². The van der Waals surface area contributed by atoms with Crippen molar-refractivity contribution in [3.63, 3.8) is 0 Å². The van der Waals surface area contributed by atoms with Crippen molar-refractivity contribution in [3.05, 3.63) is 34.3 Å². The normalized spacial score (nSPS) is 10.2. The maximum atomic E-state index is 13.9. The van der Waals surface area contributed by atoms with Gasteiger partial charge in [0.2, 0.25) is 0 Å². The van der Waals surface area contributed by atoms with Crippen molar-refractivity contribution in [2.45, 2.75) is 39.5 Å². The fourth-order valence-corrected chi connectivity index (χ4v) is 2.06. The molecule has 26 heavy (non-hydrogen) atoms. The number of rotatable bonds is 12. The Balaban J connectivity index is 2.30. The number of nitrogens with zero attached hydrogens (tertiary/aromatic N) is 1. The summed E-state index contributed by atoms with van der Waals surface area (Å²) in [6, 6.07) is 2.12. The van der Waals surface area contributed by atoms with Gasteiger partial charge in [0.05, 0.1) is 12.3 Å². The number of unbranched alkanes of at least 4 members (excludes halogenated alkanes) is 3. The molecule has 0 saturated heterocycles. The molecule has 0 amide bonds. The van der Waals surface area contributed by atoms with Crippen LogP contribution in [0.4, 0.5) is 8.78 Å². The monoisotopic (exact) mass is 409 g/mol. The van der Waals surface area contributed by atoms with Crippen LogP contribution in [0.2, 0.25) is 0 Å². The summed E-state index contributed by atoms with van der Waals surface area (Å²) in [5.74, 6) is -2.01. The second-order valence-electron chi connectivity index (χ2n) is 5.66. The van der Waals surface area contributed by atoms with E-state index >= 15 is 0 Å². The van der Waals surface area contributed by atoms with Crippen LogP contribution < -0.4 is 9.47 Å². The quantitative estimate of drug-likeness (QED) is 0.241.